The number of hydrogen-bond acceptors (Lipinski definition) is 3. The number of carbonyl (C=O) groups excluding carboxylic acids is 1. The molecule has 0 heterocycles. The number of aryl methyl sites for hydroxylation is 2. The van der Waals surface area contributed by atoms with E-state index in [0.29, 0.717) is 19.0 Å². The summed E-state index contributed by atoms with van der Waals surface area (Å²) in [7, 11) is 0. The highest BCUT2D eigenvalue weighted by molar-refractivity contribution is 6.02. The van der Waals surface area contributed by atoms with Crippen molar-refractivity contribution in [3.8, 4) is 11.5 Å². The third-order valence-corrected chi connectivity index (χ3v) is 4.10. The number of hydrogen-bond donors (Lipinski definition) is 1. The SMILES string of the molecule is CCCCOc1ccc(/C=C/C(=O)Nc2cc(C)ccc2C)cc1OCC. The summed E-state index contributed by atoms with van der Waals surface area (Å²) in [6.45, 7) is 9.28. The Bertz CT molecular complexity index is 796. The number of amides is 1. The van der Waals surface area contributed by atoms with Crippen LogP contribution in [-0.2, 0) is 4.79 Å². The molecule has 0 aliphatic heterocycles. The molecule has 2 aromatic rings. The van der Waals surface area contributed by atoms with Crippen molar-refractivity contribution in [2.75, 3.05) is 18.5 Å². The Hall–Kier alpha value is -2.75. The van der Waals surface area contributed by atoms with Crippen molar-refractivity contribution in [2.24, 2.45) is 0 Å². The van der Waals surface area contributed by atoms with Gasteiger partial charge >= 0.3 is 0 Å². The Morgan fingerprint density at radius 1 is 1.04 bits per heavy atom. The van der Waals surface area contributed by atoms with Gasteiger partial charge in [-0.15, -0.1) is 0 Å². The van der Waals surface area contributed by atoms with Crippen molar-refractivity contribution in [1.82, 2.24) is 0 Å². The van der Waals surface area contributed by atoms with Crippen LogP contribution in [0.3, 0.4) is 0 Å². The number of nitrogens with one attached hydrogen (secondary N) is 1. The van der Waals surface area contributed by atoms with Gasteiger partial charge in [0.2, 0.25) is 5.91 Å². The van der Waals surface area contributed by atoms with E-state index in [1.165, 1.54) is 6.08 Å². The monoisotopic (exact) mass is 367 g/mol. The largest absolute Gasteiger partial charge is 0.490 e. The zero-order chi connectivity index (χ0) is 19.6. The quantitative estimate of drug-likeness (QED) is 0.468. The van der Waals surface area contributed by atoms with Gasteiger partial charge in [0.1, 0.15) is 0 Å². The maximum atomic E-state index is 12.2. The first-order valence-corrected chi connectivity index (χ1v) is 9.49. The number of rotatable bonds is 9. The van der Waals surface area contributed by atoms with Crippen LogP contribution in [0.15, 0.2) is 42.5 Å². The van der Waals surface area contributed by atoms with Crippen molar-refractivity contribution < 1.29 is 14.3 Å². The van der Waals surface area contributed by atoms with E-state index in [0.717, 1.165) is 41.0 Å². The standard InChI is InChI=1S/C23H29NO3/c1-5-7-14-27-21-12-10-19(16-22(21)26-6-2)11-13-23(25)24-20-15-17(3)8-9-18(20)4/h8-13,15-16H,5-7,14H2,1-4H3,(H,24,25)/b13-11+. The van der Waals surface area contributed by atoms with Gasteiger partial charge in [-0.05, 0) is 68.2 Å². The minimum atomic E-state index is -0.162. The third kappa shape index (κ3) is 6.48. The summed E-state index contributed by atoms with van der Waals surface area (Å²) in [4.78, 5) is 12.2. The molecular formula is C23H29NO3. The fourth-order valence-electron chi connectivity index (χ4n) is 2.56. The predicted octanol–water partition coefficient (Wildman–Crippen LogP) is 5.53. The first-order chi connectivity index (χ1) is 13.0. The zero-order valence-electron chi connectivity index (χ0n) is 16.7. The molecule has 0 unspecified atom stereocenters. The van der Waals surface area contributed by atoms with Crippen LogP contribution in [0.1, 0.15) is 43.4 Å². The number of carbonyl (C=O) groups is 1. The summed E-state index contributed by atoms with van der Waals surface area (Å²) in [5.41, 5.74) is 3.87. The van der Waals surface area contributed by atoms with Crippen molar-refractivity contribution >= 4 is 17.7 Å². The lowest BCUT2D eigenvalue weighted by Gasteiger charge is -2.12. The van der Waals surface area contributed by atoms with Gasteiger partial charge in [0.05, 0.1) is 13.2 Å². The maximum absolute atomic E-state index is 12.2. The number of anilines is 1. The Labute approximate surface area is 162 Å². The van der Waals surface area contributed by atoms with Crippen LogP contribution in [-0.4, -0.2) is 19.1 Å². The highest BCUT2D eigenvalue weighted by Crippen LogP contribution is 2.29. The molecule has 1 amide bonds. The van der Waals surface area contributed by atoms with E-state index < -0.39 is 0 Å². The highest BCUT2D eigenvalue weighted by Gasteiger charge is 2.06. The molecular weight excluding hydrogens is 338 g/mol. The molecule has 0 saturated heterocycles. The van der Waals surface area contributed by atoms with E-state index >= 15 is 0 Å². The molecule has 0 aliphatic rings. The van der Waals surface area contributed by atoms with Crippen LogP contribution in [0, 0.1) is 13.8 Å². The molecule has 0 aliphatic carbocycles. The molecule has 0 bridgehead atoms. The Morgan fingerprint density at radius 2 is 1.85 bits per heavy atom. The second-order valence-corrected chi connectivity index (χ2v) is 6.48. The summed E-state index contributed by atoms with van der Waals surface area (Å²) < 4.78 is 11.5. The molecule has 4 nitrogen and oxygen atoms in total. The first kappa shape index (κ1) is 20.6. The van der Waals surface area contributed by atoms with E-state index in [1.54, 1.807) is 6.08 Å². The normalized spacial score (nSPS) is 10.8. The van der Waals surface area contributed by atoms with E-state index in [4.69, 9.17) is 9.47 Å². The van der Waals surface area contributed by atoms with Gasteiger partial charge < -0.3 is 14.8 Å². The van der Waals surface area contributed by atoms with Gasteiger partial charge in [-0.25, -0.2) is 0 Å². The maximum Gasteiger partial charge on any atom is 0.248 e. The summed E-state index contributed by atoms with van der Waals surface area (Å²) in [6, 6.07) is 11.7. The molecule has 144 valence electrons. The van der Waals surface area contributed by atoms with E-state index in [9.17, 15) is 4.79 Å². The third-order valence-electron chi connectivity index (χ3n) is 4.10. The van der Waals surface area contributed by atoms with Gasteiger partial charge in [0.25, 0.3) is 0 Å². The van der Waals surface area contributed by atoms with Crippen molar-refractivity contribution in [3.63, 3.8) is 0 Å². The molecule has 27 heavy (non-hydrogen) atoms. The average molecular weight is 367 g/mol. The van der Waals surface area contributed by atoms with Gasteiger partial charge in [-0.1, -0.05) is 31.5 Å². The zero-order valence-corrected chi connectivity index (χ0v) is 16.7. The molecule has 0 aromatic heterocycles. The smallest absolute Gasteiger partial charge is 0.248 e. The van der Waals surface area contributed by atoms with E-state index in [-0.39, 0.29) is 5.91 Å². The average Bonchev–Trinajstić information content (AvgIpc) is 2.65. The fourth-order valence-corrected chi connectivity index (χ4v) is 2.56. The van der Waals surface area contributed by atoms with Crippen molar-refractivity contribution in [1.29, 1.82) is 0 Å². The summed E-state index contributed by atoms with van der Waals surface area (Å²) in [5.74, 6) is 1.28. The Morgan fingerprint density at radius 3 is 2.59 bits per heavy atom. The van der Waals surface area contributed by atoms with Crippen LogP contribution in [0.2, 0.25) is 0 Å². The van der Waals surface area contributed by atoms with Crippen LogP contribution >= 0.6 is 0 Å². The second-order valence-electron chi connectivity index (χ2n) is 6.48. The van der Waals surface area contributed by atoms with Crippen LogP contribution in [0.5, 0.6) is 11.5 Å². The summed E-state index contributed by atoms with van der Waals surface area (Å²) in [6.07, 6.45) is 5.40. The number of ether oxygens (including phenoxy) is 2. The van der Waals surface area contributed by atoms with E-state index in [2.05, 4.69) is 12.2 Å². The molecule has 2 aromatic carbocycles. The van der Waals surface area contributed by atoms with E-state index in [1.807, 2.05) is 57.2 Å². The molecule has 1 N–H and O–H groups in total. The van der Waals surface area contributed by atoms with Crippen LogP contribution in [0.4, 0.5) is 5.69 Å². The molecule has 2 rings (SSSR count). The van der Waals surface area contributed by atoms with Gasteiger partial charge in [0, 0.05) is 11.8 Å². The minimum absolute atomic E-state index is 0.162. The number of unbranched alkanes of at least 4 members (excludes halogenated alkanes) is 1. The summed E-state index contributed by atoms with van der Waals surface area (Å²) >= 11 is 0. The van der Waals surface area contributed by atoms with Crippen molar-refractivity contribution in [3.05, 3.63) is 59.2 Å². The molecule has 0 saturated carbocycles. The number of benzene rings is 2. The predicted molar refractivity (Wildman–Crippen MR) is 112 cm³/mol. The molecule has 0 radical (unpaired) electrons. The lowest BCUT2D eigenvalue weighted by Crippen LogP contribution is -2.09. The first-order valence-electron chi connectivity index (χ1n) is 9.49. The van der Waals surface area contributed by atoms with Gasteiger partial charge in [0.15, 0.2) is 11.5 Å². The lowest BCUT2D eigenvalue weighted by atomic mass is 10.1. The van der Waals surface area contributed by atoms with Gasteiger partial charge in [-0.2, -0.15) is 0 Å². The Balaban J connectivity index is 2.07. The Kier molecular flexibility index (Phi) is 7.93. The molecule has 4 heteroatoms. The molecule has 0 fully saturated rings. The molecule has 0 spiro atoms. The second kappa shape index (κ2) is 10.4. The van der Waals surface area contributed by atoms with Crippen LogP contribution < -0.4 is 14.8 Å². The van der Waals surface area contributed by atoms with Crippen LogP contribution in [0.25, 0.3) is 6.08 Å². The minimum Gasteiger partial charge on any atom is -0.490 e. The topological polar surface area (TPSA) is 47.6 Å². The highest BCUT2D eigenvalue weighted by atomic mass is 16.5. The summed E-state index contributed by atoms with van der Waals surface area (Å²) in [5, 5.41) is 2.93. The van der Waals surface area contributed by atoms with Crippen molar-refractivity contribution in [2.45, 2.75) is 40.5 Å². The fraction of sp³-hybridized carbons (Fsp3) is 0.348. The van der Waals surface area contributed by atoms with Gasteiger partial charge in [-0.3, -0.25) is 4.79 Å². The lowest BCUT2D eigenvalue weighted by molar-refractivity contribution is -0.111. The molecule has 0 atom stereocenters.